The summed E-state index contributed by atoms with van der Waals surface area (Å²) in [6, 6.07) is 3.88. The molecular formula is C9H11NaO5. The molecule has 0 amide bonds. The molecule has 78 valence electrons. The van der Waals surface area contributed by atoms with Crippen molar-refractivity contribution in [2.24, 2.45) is 0 Å². The summed E-state index contributed by atoms with van der Waals surface area (Å²) in [5.74, 6) is -1.93. The Morgan fingerprint density at radius 1 is 1.33 bits per heavy atom. The molecule has 0 aliphatic heterocycles. The van der Waals surface area contributed by atoms with Crippen molar-refractivity contribution in [3.63, 3.8) is 0 Å². The van der Waals surface area contributed by atoms with Crippen LogP contribution in [0.2, 0.25) is 0 Å². The molecule has 1 aromatic rings. The third-order valence-corrected chi connectivity index (χ3v) is 1.75. The minimum atomic E-state index is -1.50. The van der Waals surface area contributed by atoms with Gasteiger partial charge in [0.2, 0.25) is 0 Å². The second-order valence-electron chi connectivity index (χ2n) is 2.88. The molecule has 1 rings (SSSR count). The van der Waals surface area contributed by atoms with Gasteiger partial charge in [0.25, 0.3) is 0 Å². The predicted octanol–water partition coefficient (Wildman–Crippen LogP) is -2.80. The van der Waals surface area contributed by atoms with Crippen LogP contribution in [0.3, 0.4) is 0 Å². The fraction of sp³-hybridized carbons (Fsp3) is 0.222. The first-order chi connectivity index (χ1) is 6.50. The summed E-state index contributed by atoms with van der Waals surface area (Å²) >= 11 is 0. The monoisotopic (exact) mass is 222 g/mol. The van der Waals surface area contributed by atoms with E-state index in [1.54, 1.807) is 0 Å². The number of carboxylic acids is 1. The summed E-state index contributed by atoms with van der Waals surface area (Å²) in [5.41, 5.74) is 0.440. The molecule has 15 heavy (non-hydrogen) atoms. The molecule has 0 aromatic heterocycles. The van der Waals surface area contributed by atoms with Crippen LogP contribution in [0.1, 0.15) is 6.99 Å². The van der Waals surface area contributed by atoms with E-state index < -0.39 is 12.1 Å². The molecule has 4 N–H and O–H groups in total. The van der Waals surface area contributed by atoms with Crippen molar-refractivity contribution in [2.45, 2.75) is 12.5 Å². The Labute approximate surface area is 110 Å². The minimum Gasteiger partial charge on any atom is -1.00 e. The Bertz CT molecular complexity index is 358. The van der Waals surface area contributed by atoms with Gasteiger partial charge in [-0.05, 0) is 17.7 Å². The smallest absolute Gasteiger partial charge is 1.00 e. The van der Waals surface area contributed by atoms with Gasteiger partial charge in [0, 0.05) is 6.42 Å². The molecule has 5 nitrogen and oxygen atoms in total. The van der Waals surface area contributed by atoms with E-state index in [1.165, 1.54) is 18.2 Å². The van der Waals surface area contributed by atoms with Crippen LogP contribution in [0.25, 0.3) is 0 Å². The third-order valence-electron chi connectivity index (χ3n) is 1.75. The predicted molar refractivity (Wildman–Crippen MR) is 48.2 cm³/mol. The first kappa shape index (κ1) is 14.2. The van der Waals surface area contributed by atoms with Crippen molar-refractivity contribution in [3.8, 4) is 11.5 Å². The Balaban J connectivity index is 0. The molecule has 0 heterocycles. The quantitative estimate of drug-likeness (QED) is 0.327. The number of phenols is 2. The van der Waals surface area contributed by atoms with Crippen molar-refractivity contribution >= 4 is 5.97 Å². The zero-order valence-corrected chi connectivity index (χ0v) is 10.2. The summed E-state index contributed by atoms with van der Waals surface area (Å²) in [7, 11) is 0. The fourth-order valence-corrected chi connectivity index (χ4v) is 1.01. The van der Waals surface area contributed by atoms with E-state index in [1.807, 2.05) is 0 Å². The standard InChI is InChI=1S/C9H10O5.Na.H/c10-6-2-1-5(3-7(6)11)4-8(12)9(13)14;;/h1-3,8,10-12H,4H2,(H,13,14);;/q;+1;-1/t8-;;/m1../s1. The molecule has 0 aliphatic carbocycles. The van der Waals surface area contributed by atoms with E-state index in [-0.39, 0.29) is 48.9 Å². The van der Waals surface area contributed by atoms with Crippen LogP contribution in [-0.2, 0) is 11.2 Å². The van der Waals surface area contributed by atoms with Crippen LogP contribution < -0.4 is 29.6 Å². The van der Waals surface area contributed by atoms with Gasteiger partial charge in [-0.1, -0.05) is 6.07 Å². The van der Waals surface area contributed by atoms with Crippen molar-refractivity contribution in [1.82, 2.24) is 0 Å². The maximum atomic E-state index is 10.3. The number of phenolic OH excluding ortho intramolecular Hbond substituents is 2. The molecule has 1 aromatic carbocycles. The van der Waals surface area contributed by atoms with E-state index in [9.17, 15) is 4.79 Å². The third kappa shape index (κ3) is 4.09. The zero-order chi connectivity index (χ0) is 10.7. The van der Waals surface area contributed by atoms with Gasteiger partial charge in [0.05, 0.1) is 0 Å². The van der Waals surface area contributed by atoms with Gasteiger partial charge in [-0.25, -0.2) is 4.79 Å². The summed E-state index contributed by atoms with van der Waals surface area (Å²) in [5, 5.41) is 35.4. The number of aromatic hydroxyl groups is 2. The molecule has 6 heteroatoms. The zero-order valence-electron chi connectivity index (χ0n) is 9.21. The number of hydrogen-bond acceptors (Lipinski definition) is 4. The number of carboxylic acid groups (broad SMARTS) is 1. The normalized spacial score (nSPS) is 11.5. The number of aliphatic hydroxyl groups excluding tert-OH is 1. The van der Waals surface area contributed by atoms with Crippen LogP contribution in [0, 0.1) is 0 Å². The number of aliphatic hydroxyl groups is 1. The van der Waals surface area contributed by atoms with Gasteiger partial charge in [0.15, 0.2) is 17.6 Å². The largest absolute Gasteiger partial charge is 1.00 e. The van der Waals surface area contributed by atoms with Gasteiger partial charge in [-0.3, -0.25) is 0 Å². The maximum Gasteiger partial charge on any atom is 1.00 e. The van der Waals surface area contributed by atoms with Gasteiger partial charge in [-0.2, -0.15) is 0 Å². The molecule has 0 radical (unpaired) electrons. The summed E-state index contributed by atoms with van der Waals surface area (Å²) in [6.45, 7) is 0. The molecule has 0 saturated heterocycles. The van der Waals surface area contributed by atoms with E-state index >= 15 is 0 Å². The Kier molecular flexibility index (Phi) is 5.67. The summed E-state index contributed by atoms with van der Waals surface area (Å²) in [4.78, 5) is 10.3. The SMILES string of the molecule is O=C(O)[C@H](O)Cc1ccc(O)c(O)c1.[H-].[Na+]. The molecule has 0 saturated carbocycles. The Morgan fingerprint density at radius 2 is 1.93 bits per heavy atom. The maximum absolute atomic E-state index is 10.3. The number of rotatable bonds is 3. The number of hydrogen-bond donors (Lipinski definition) is 4. The van der Waals surface area contributed by atoms with E-state index in [0.29, 0.717) is 5.56 Å². The van der Waals surface area contributed by atoms with Crippen LogP contribution in [-0.4, -0.2) is 32.5 Å². The summed E-state index contributed by atoms with van der Waals surface area (Å²) < 4.78 is 0. The Morgan fingerprint density at radius 3 is 2.40 bits per heavy atom. The van der Waals surface area contributed by atoms with E-state index in [2.05, 4.69) is 0 Å². The second kappa shape index (κ2) is 5.97. The summed E-state index contributed by atoms with van der Waals surface area (Å²) in [6.07, 6.45) is -1.61. The van der Waals surface area contributed by atoms with Crippen LogP contribution >= 0.6 is 0 Å². The van der Waals surface area contributed by atoms with Crippen LogP contribution in [0.4, 0.5) is 0 Å². The Hall–Kier alpha value is -0.750. The molecule has 0 aliphatic rings. The molecule has 0 bridgehead atoms. The molecule has 0 fully saturated rings. The fourth-order valence-electron chi connectivity index (χ4n) is 1.01. The van der Waals surface area contributed by atoms with E-state index in [4.69, 9.17) is 20.4 Å². The van der Waals surface area contributed by atoms with Crippen molar-refractivity contribution < 1.29 is 56.2 Å². The first-order valence-corrected chi connectivity index (χ1v) is 3.92. The topological polar surface area (TPSA) is 98.0 Å². The second-order valence-corrected chi connectivity index (χ2v) is 2.88. The first-order valence-electron chi connectivity index (χ1n) is 3.92. The van der Waals surface area contributed by atoms with Gasteiger partial charge in [0.1, 0.15) is 0 Å². The number of carbonyl (C=O) groups is 1. The average Bonchev–Trinajstić information content (AvgIpc) is 2.11. The van der Waals surface area contributed by atoms with E-state index in [0.717, 1.165) is 0 Å². The van der Waals surface area contributed by atoms with Crippen molar-refractivity contribution in [2.75, 3.05) is 0 Å². The van der Waals surface area contributed by atoms with Crippen LogP contribution in [0.5, 0.6) is 11.5 Å². The number of aliphatic carboxylic acids is 1. The van der Waals surface area contributed by atoms with Gasteiger partial charge >= 0.3 is 35.5 Å². The average molecular weight is 222 g/mol. The number of benzene rings is 1. The van der Waals surface area contributed by atoms with Gasteiger partial charge in [-0.15, -0.1) is 0 Å². The van der Waals surface area contributed by atoms with Crippen molar-refractivity contribution in [1.29, 1.82) is 0 Å². The van der Waals surface area contributed by atoms with Crippen molar-refractivity contribution in [3.05, 3.63) is 23.8 Å². The molecule has 0 spiro atoms. The molecule has 0 unspecified atom stereocenters. The van der Waals surface area contributed by atoms with Crippen LogP contribution in [0.15, 0.2) is 18.2 Å². The molecular weight excluding hydrogens is 211 g/mol. The molecule has 1 atom stereocenters. The minimum absolute atomic E-state index is 0. The van der Waals surface area contributed by atoms with Gasteiger partial charge < -0.3 is 21.9 Å².